The van der Waals surface area contributed by atoms with Gasteiger partial charge in [0.05, 0.1) is 22.3 Å². The first-order chi connectivity index (χ1) is 21.9. The molecule has 3 aromatic heterocycles. The van der Waals surface area contributed by atoms with Crippen LogP contribution in [0.25, 0.3) is 72.4 Å². The Morgan fingerprint density at radius 2 is 1.27 bits per heavy atom. The maximum absolute atomic E-state index is 6.56. The van der Waals surface area contributed by atoms with Gasteiger partial charge in [0.1, 0.15) is 16.9 Å². The average Bonchev–Trinajstić information content (AvgIpc) is 3.63. The maximum Gasteiger partial charge on any atom is 0.153 e. The summed E-state index contributed by atoms with van der Waals surface area (Å²) in [5, 5.41) is 0.986. The van der Waals surface area contributed by atoms with Crippen molar-refractivity contribution in [3.05, 3.63) is 139 Å². The number of nitrogens with zero attached hydrogens (tertiary/aromatic N) is 3. The van der Waals surface area contributed by atoms with Crippen LogP contribution in [0.3, 0.4) is 0 Å². The molecule has 0 aliphatic carbocycles. The van der Waals surface area contributed by atoms with Crippen LogP contribution >= 0.6 is 0 Å². The van der Waals surface area contributed by atoms with Crippen molar-refractivity contribution >= 4 is 33.1 Å². The molecule has 0 bridgehead atoms. The first-order valence-electron chi connectivity index (χ1n) is 15.4. The summed E-state index contributed by atoms with van der Waals surface area (Å²) in [6.45, 7) is 8.85. The number of imidazole rings is 1. The Labute approximate surface area is 262 Å². The normalized spacial score (nSPS) is 12.0. The Morgan fingerprint density at radius 1 is 0.622 bits per heavy atom. The van der Waals surface area contributed by atoms with Crippen LogP contribution in [-0.2, 0) is 5.41 Å². The highest BCUT2D eigenvalue weighted by Crippen LogP contribution is 2.44. The van der Waals surface area contributed by atoms with Gasteiger partial charge in [-0.25, -0.2) is 9.97 Å². The number of aryl methyl sites for hydroxylation is 1. The van der Waals surface area contributed by atoms with Gasteiger partial charge < -0.3 is 4.42 Å². The molecule has 0 amide bonds. The summed E-state index contributed by atoms with van der Waals surface area (Å²) < 4.78 is 8.90. The standard InChI is InChI=1S/C41H33N3O/c1-26-22-23-36-37(42-26)30-18-13-19-31(39(30)45-36)40-43-34-20-11-12-21-35(34)44(40)38-32(27-14-7-5-8-15-27)24-29(41(2,3)4)25-33(38)28-16-9-6-10-17-28/h5-25H,1-4H3. The molecule has 8 aromatic rings. The minimum absolute atomic E-state index is 0.0591. The van der Waals surface area contributed by atoms with Gasteiger partial charge in [0.15, 0.2) is 5.58 Å². The van der Waals surface area contributed by atoms with E-state index >= 15 is 0 Å². The van der Waals surface area contributed by atoms with Crippen LogP contribution in [-0.4, -0.2) is 14.5 Å². The van der Waals surface area contributed by atoms with E-state index in [1.807, 2.05) is 19.1 Å². The highest BCUT2D eigenvalue weighted by Gasteiger charge is 2.26. The lowest BCUT2D eigenvalue weighted by Gasteiger charge is -2.26. The number of fused-ring (bicyclic) bond motifs is 4. The maximum atomic E-state index is 6.56. The number of hydrogen-bond donors (Lipinski definition) is 0. The molecule has 5 aromatic carbocycles. The first kappa shape index (κ1) is 27.1. The van der Waals surface area contributed by atoms with Gasteiger partial charge in [-0.3, -0.25) is 4.57 Å². The Morgan fingerprint density at radius 3 is 1.93 bits per heavy atom. The smallest absolute Gasteiger partial charge is 0.153 e. The molecule has 0 unspecified atom stereocenters. The lowest BCUT2D eigenvalue weighted by Crippen LogP contribution is -2.13. The second-order valence-electron chi connectivity index (χ2n) is 12.7. The summed E-state index contributed by atoms with van der Waals surface area (Å²) in [6, 6.07) is 44.8. The first-order valence-corrected chi connectivity index (χ1v) is 15.4. The second kappa shape index (κ2) is 10.3. The number of pyridine rings is 1. The molecule has 4 heteroatoms. The van der Waals surface area contributed by atoms with Crippen LogP contribution in [0.15, 0.2) is 132 Å². The molecule has 0 aliphatic heterocycles. The van der Waals surface area contributed by atoms with E-state index in [9.17, 15) is 0 Å². The van der Waals surface area contributed by atoms with Gasteiger partial charge in [-0.2, -0.15) is 0 Å². The van der Waals surface area contributed by atoms with Crippen LogP contribution in [0.4, 0.5) is 0 Å². The number of para-hydroxylation sites is 3. The molecule has 0 radical (unpaired) electrons. The molecule has 3 heterocycles. The van der Waals surface area contributed by atoms with E-state index in [-0.39, 0.29) is 5.41 Å². The van der Waals surface area contributed by atoms with E-state index in [0.29, 0.717) is 0 Å². The number of hydrogen-bond acceptors (Lipinski definition) is 3. The van der Waals surface area contributed by atoms with E-state index in [2.05, 4.69) is 141 Å². The van der Waals surface area contributed by atoms with Crippen molar-refractivity contribution in [1.29, 1.82) is 0 Å². The van der Waals surface area contributed by atoms with Crippen molar-refractivity contribution < 1.29 is 4.42 Å². The summed E-state index contributed by atoms with van der Waals surface area (Å²) in [7, 11) is 0. The average molecular weight is 584 g/mol. The zero-order valence-corrected chi connectivity index (χ0v) is 25.9. The van der Waals surface area contributed by atoms with Crippen LogP contribution in [0.2, 0.25) is 0 Å². The van der Waals surface area contributed by atoms with E-state index in [4.69, 9.17) is 14.4 Å². The lowest BCUT2D eigenvalue weighted by atomic mass is 9.82. The predicted octanol–water partition coefficient (Wildman–Crippen LogP) is 10.9. The molecule has 0 N–H and O–H groups in total. The molecule has 218 valence electrons. The predicted molar refractivity (Wildman–Crippen MR) is 186 cm³/mol. The van der Waals surface area contributed by atoms with E-state index in [1.54, 1.807) is 0 Å². The van der Waals surface area contributed by atoms with Crippen molar-refractivity contribution in [2.75, 3.05) is 0 Å². The topological polar surface area (TPSA) is 43.9 Å². The molecular formula is C41H33N3O. The molecule has 0 atom stereocenters. The number of benzene rings is 5. The Bertz CT molecular complexity index is 2300. The Kier molecular flexibility index (Phi) is 6.21. The molecule has 45 heavy (non-hydrogen) atoms. The van der Waals surface area contributed by atoms with Crippen molar-refractivity contribution in [1.82, 2.24) is 14.5 Å². The minimum Gasteiger partial charge on any atom is -0.454 e. The van der Waals surface area contributed by atoms with Gasteiger partial charge in [-0.05, 0) is 77.6 Å². The van der Waals surface area contributed by atoms with Crippen LogP contribution in [0, 0.1) is 6.92 Å². The quantitative estimate of drug-likeness (QED) is 0.207. The highest BCUT2D eigenvalue weighted by atomic mass is 16.3. The van der Waals surface area contributed by atoms with Crippen LogP contribution in [0.1, 0.15) is 32.0 Å². The summed E-state index contributed by atoms with van der Waals surface area (Å²) in [4.78, 5) is 10.2. The summed E-state index contributed by atoms with van der Waals surface area (Å²) >= 11 is 0. The monoisotopic (exact) mass is 583 g/mol. The van der Waals surface area contributed by atoms with Crippen molar-refractivity contribution in [2.24, 2.45) is 0 Å². The van der Waals surface area contributed by atoms with Crippen molar-refractivity contribution in [3.63, 3.8) is 0 Å². The largest absolute Gasteiger partial charge is 0.454 e. The van der Waals surface area contributed by atoms with Gasteiger partial charge in [0.2, 0.25) is 0 Å². The van der Waals surface area contributed by atoms with E-state index in [1.165, 1.54) is 5.56 Å². The summed E-state index contributed by atoms with van der Waals surface area (Å²) in [5.41, 5.74) is 13.2. The van der Waals surface area contributed by atoms with Crippen LogP contribution in [0.5, 0.6) is 0 Å². The van der Waals surface area contributed by atoms with Gasteiger partial charge in [0, 0.05) is 22.2 Å². The SMILES string of the molecule is Cc1ccc2oc3c(-c4nc5ccccc5n4-c4c(-c5ccccc5)cc(C(C)(C)C)cc4-c4ccccc4)cccc3c2n1. The molecule has 0 saturated carbocycles. The third-order valence-electron chi connectivity index (χ3n) is 8.65. The lowest BCUT2D eigenvalue weighted by molar-refractivity contribution is 0.590. The third-order valence-corrected chi connectivity index (χ3v) is 8.65. The zero-order chi connectivity index (χ0) is 30.7. The van der Waals surface area contributed by atoms with Gasteiger partial charge in [-0.15, -0.1) is 0 Å². The number of aromatic nitrogens is 3. The molecule has 8 rings (SSSR count). The number of rotatable bonds is 4. The fourth-order valence-electron chi connectivity index (χ4n) is 6.36. The molecule has 0 spiro atoms. The third kappa shape index (κ3) is 4.53. The molecule has 0 fully saturated rings. The summed E-state index contributed by atoms with van der Waals surface area (Å²) in [6.07, 6.45) is 0. The van der Waals surface area contributed by atoms with Crippen molar-refractivity contribution in [2.45, 2.75) is 33.1 Å². The Balaban J connectivity index is 1.54. The van der Waals surface area contributed by atoms with Gasteiger partial charge >= 0.3 is 0 Å². The Hall–Kier alpha value is -5.48. The minimum atomic E-state index is -0.0591. The fraction of sp³-hybridized carbons (Fsp3) is 0.122. The fourth-order valence-corrected chi connectivity index (χ4v) is 6.36. The summed E-state index contributed by atoms with van der Waals surface area (Å²) in [5.74, 6) is 0.829. The number of furan rings is 1. The van der Waals surface area contributed by atoms with Crippen molar-refractivity contribution in [3.8, 4) is 39.3 Å². The molecule has 0 aliphatic rings. The van der Waals surface area contributed by atoms with Crippen LogP contribution < -0.4 is 0 Å². The van der Waals surface area contributed by atoms with Gasteiger partial charge in [0.25, 0.3) is 0 Å². The highest BCUT2D eigenvalue weighted by molar-refractivity contribution is 6.08. The van der Waals surface area contributed by atoms with E-state index in [0.717, 1.165) is 78.1 Å². The molecular weight excluding hydrogens is 550 g/mol. The zero-order valence-electron chi connectivity index (χ0n) is 25.9. The molecule has 4 nitrogen and oxygen atoms in total. The van der Waals surface area contributed by atoms with Gasteiger partial charge in [-0.1, -0.05) is 99.6 Å². The second-order valence-corrected chi connectivity index (χ2v) is 12.7. The molecule has 0 saturated heterocycles. The van der Waals surface area contributed by atoms with E-state index < -0.39 is 0 Å².